The first-order valence-electron chi connectivity index (χ1n) is 13.2. The first-order chi connectivity index (χ1) is 19.4. The SMILES string of the molecule is O=S(=O)(NN1CCNCC1)c1ccc(N[C@H](CCN2CC3OCC32)CSc2ccccc2)c(S(=O)(=O)C(F)(F)F)c1. The highest BCUT2D eigenvalue weighted by Gasteiger charge is 2.49. The van der Waals surface area contributed by atoms with Gasteiger partial charge < -0.3 is 15.4 Å². The Hall–Kier alpha value is -1.92. The molecule has 0 aliphatic carbocycles. The zero-order valence-electron chi connectivity index (χ0n) is 22.0. The molecule has 16 heteroatoms. The van der Waals surface area contributed by atoms with Gasteiger partial charge in [-0.1, -0.05) is 18.2 Å². The number of morpholine rings is 1. The number of nitrogens with one attached hydrogen (secondary N) is 3. The Bertz CT molecular complexity index is 1420. The number of hydrogen-bond acceptors (Lipinski definition) is 10. The number of anilines is 1. The van der Waals surface area contributed by atoms with Crippen LogP contribution < -0.4 is 15.5 Å². The van der Waals surface area contributed by atoms with Crippen LogP contribution in [0.5, 0.6) is 0 Å². The standard InChI is InChI=1S/C25H32F3N5O5S3/c26-25(27,28)40(34,35)24-14-20(41(36,37)31-33-12-9-29-10-13-33)6-7-21(24)30-18(17-39-19-4-2-1-3-5-19)8-11-32-15-23-22(32)16-38-23/h1-7,14,18,22-23,29-31H,8-13,15-17H2/t18-,22?,23?/m1/s1. The highest BCUT2D eigenvalue weighted by molar-refractivity contribution is 7.99. The van der Waals surface area contributed by atoms with E-state index in [0.717, 1.165) is 23.6 Å². The van der Waals surface area contributed by atoms with E-state index in [1.165, 1.54) is 16.8 Å². The third-order valence-corrected chi connectivity index (χ3v) is 11.4. The molecule has 3 saturated heterocycles. The van der Waals surface area contributed by atoms with Crippen LogP contribution in [0.1, 0.15) is 6.42 Å². The van der Waals surface area contributed by atoms with Crippen molar-refractivity contribution in [1.29, 1.82) is 0 Å². The van der Waals surface area contributed by atoms with Crippen molar-refractivity contribution in [1.82, 2.24) is 20.1 Å². The molecule has 226 valence electrons. The molecule has 41 heavy (non-hydrogen) atoms. The van der Waals surface area contributed by atoms with Crippen molar-refractivity contribution in [3.63, 3.8) is 0 Å². The molecular formula is C25H32F3N5O5S3. The van der Waals surface area contributed by atoms with E-state index in [1.807, 2.05) is 30.3 Å². The van der Waals surface area contributed by atoms with Crippen molar-refractivity contribution >= 4 is 37.3 Å². The lowest BCUT2D eigenvalue weighted by Crippen LogP contribution is -2.70. The second-order valence-electron chi connectivity index (χ2n) is 10.1. The number of fused-ring (bicyclic) bond motifs is 1. The summed E-state index contributed by atoms with van der Waals surface area (Å²) in [5.74, 6) is 0.443. The van der Waals surface area contributed by atoms with Crippen LogP contribution in [-0.4, -0.2) is 102 Å². The second kappa shape index (κ2) is 12.4. The topological polar surface area (TPSA) is 120 Å². The number of benzene rings is 2. The van der Waals surface area contributed by atoms with E-state index in [4.69, 9.17) is 4.74 Å². The molecule has 2 aromatic rings. The van der Waals surface area contributed by atoms with Crippen LogP contribution in [-0.2, 0) is 24.6 Å². The largest absolute Gasteiger partial charge is 0.501 e. The summed E-state index contributed by atoms with van der Waals surface area (Å²) < 4.78 is 98.2. The number of hydrogen-bond donors (Lipinski definition) is 3. The molecule has 10 nitrogen and oxygen atoms in total. The number of likely N-dealkylation sites (tertiary alicyclic amines) is 1. The van der Waals surface area contributed by atoms with E-state index < -0.39 is 41.2 Å². The van der Waals surface area contributed by atoms with Gasteiger partial charge in [0.2, 0.25) is 0 Å². The minimum Gasteiger partial charge on any atom is -0.380 e. The summed E-state index contributed by atoms with van der Waals surface area (Å²) >= 11 is 1.49. The molecule has 3 heterocycles. The van der Waals surface area contributed by atoms with Crippen molar-refractivity contribution in [2.24, 2.45) is 0 Å². The summed E-state index contributed by atoms with van der Waals surface area (Å²) in [6, 6.07) is 12.2. The molecule has 0 radical (unpaired) electrons. The van der Waals surface area contributed by atoms with E-state index >= 15 is 0 Å². The van der Waals surface area contributed by atoms with Gasteiger partial charge in [-0.05, 0) is 36.8 Å². The van der Waals surface area contributed by atoms with Gasteiger partial charge >= 0.3 is 5.51 Å². The van der Waals surface area contributed by atoms with Crippen LogP contribution in [0.2, 0.25) is 0 Å². The molecule has 0 saturated carbocycles. The maximum atomic E-state index is 13.8. The maximum absolute atomic E-state index is 13.8. The minimum atomic E-state index is -5.88. The first-order valence-corrected chi connectivity index (χ1v) is 17.1. The molecule has 3 atom stereocenters. The van der Waals surface area contributed by atoms with Gasteiger partial charge in [-0.3, -0.25) is 4.90 Å². The zero-order chi connectivity index (χ0) is 29.3. The molecule has 0 bridgehead atoms. The van der Waals surface area contributed by atoms with E-state index in [-0.39, 0.29) is 11.8 Å². The van der Waals surface area contributed by atoms with Gasteiger partial charge in [0, 0.05) is 56.0 Å². The fourth-order valence-electron chi connectivity index (χ4n) is 4.89. The summed E-state index contributed by atoms with van der Waals surface area (Å²) in [4.78, 5) is 3.83. The van der Waals surface area contributed by atoms with Crippen LogP contribution in [0.3, 0.4) is 0 Å². The molecule has 2 unspecified atom stereocenters. The Morgan fingerprint density at radius 1 is 1.07 bits per heavy atom. The number of sulfone groups is 1. The van der Waals surface area contributed by atoms with Crippen molar-refractivity contribution in [2.75, 3.05) is 56.9 Å². The average Bonchev–Trinajstić information content (AvgIpc) is 2.92. The van der Waals surface area contributed by atoms with Crippen LogP contribution in [0.4, 0.5) is 18.9 Å². The van der Waals surface area contributed by atoms with Crippen LogP contribution in [0, 0.1) is 0 Å². The van der Waals surface area contributed by atoms with Gasteiger partial charge in [0.1, 0.15) is 4.90 Å². The summed E-state index contributed by atoms with van der Waals surface area (Å²) in [6.07, 6.45) is 0.757. The highest BCUT2D eigenvalue weighted by Crippen LogP contribution is 2.37. The van der Waals surface area contributed by atoms with E-state index in [1.54, 1.807) is 0 Å². The van der Waals surface area contributed by atoms with Crippen molar-refractivity contribution < 1.29 is 34.7 Å². The molecule has 3 aliphatic heterocycles. The smallest absolute Gasteiger partial charge is 0.380 e. The molecule has 5 rings (SSSR count). The molecule has 3 fully saturated rings. The summed E-state index contributed by atoms with van der Waals surface area (Å²) in [7, 11) is -10.2. The Morgan fingerprint density at radius 3 is 2.41 bits per heavy atom. The quantitative estimate of drug-likeness (QED) is 0.299. The van der Waals surface area contributed by atoms with Gasteiger partial charge in [0.25, 0.3) is 19.9 Å². The maximum Gasteiger partial charge on any atom is 0.501 e. The number of thioether (sulfide) groups is 1. The fraction of sp³-hybridized carbons (Fsp3) is 0.520. The predicted octanol–water partition coefficient (Wildman–Crippen LogP) is 2.12. The van der Waals surface area contributed by atoms with Crippen molar-refractivity contribution in [3.05, 3.63) is 48.5 Å². The van der Waals surface area contributed by atoms with Gasteiger partial charge in [-0.15, -0.1) is 16.6 Å². The zero-order valence-corrected chi connectivity index (χ0v) is 24.5. The number of alkyl halides is 3. The molecule has 0 amide bonds. The fourth-order valence-corrected chi connectivity index (χ4v) is 8.05. The molecule has 3 N–H and O–H groups in total. The van der Waals surface area contributed by atoms with Gasteiger partial charge in [0.05, 0.1) is 29.3 Å². The molecular weight excluding hydrogens is 604 g/mol. The Kier molecular flexibility index (Phi) is 9.21. The Morgan fingerprint density at radius 2 is 1.80 bits per heavy atom. The third-order valence-electron chi connectivity index (χ3n) is 7.34. The highest BCUT2D eigenvalue weighted by atomic mass is 32.2. The number of sulfonamides is 1. The molecule has 2 aromatic carbocycles. The van der Waals surface area contributed by atoms with Gasteiger partial charge in [-0.25, -0.2) is 21.8 Å². The Labute approximate surface area is 241 Å². The minimum absolute atomic E-state index is 0.230. The van der Waals surface area contributed by atoms with Gasteiger partial charge in [-0.2, -0.15) is 13.2 Å². The first kappa shape index (κ1) is 30.5. The average molecular weight is 636 g/mol. The van der Waals surface area contributed by atoms with Crippen molar-refractivity contribution in [3.8, 4) is 0 Å². The lowest BCUT2D eigenvalue weighted by Gasteiger charge is -2.55. The van der Waals surface area contributed by atoms with Gasteiger partial charge in [0.15, 0.2) is 0 Å². The third kappa shape index (κ3) is 7.01. The number of halogens is 3. The van der Waals surface area contributed by atoms with Crippen LogP contribution in [0.15, 0.2) is 63.2 Å². The molecule has 3 aliphatic rings. The number of piperazine rings is 1. The molecule has 0 aromatic heterocycles. The van der Waals surface area contributed by atoms with E-state index in [0.29, 0.717) is 63.6 Å². The van der Waals surface area contributed by atoms with E-state index in [9.17, 15) is 30.0 Å². The summed E-state index contributed by atoms with van der Waals surface area (Å²) in [6.45, 7) is 3.81. The summed E-state index contributed by atoms with van der Waals surface area (Å²) in [5.41, 5.74) is -5.92. The second-order valence-corrected chi connectivity index (χ2v) is 14.8. The predicted molar refractivity (Wildman–Crippen MR) is 149 cm³/mol. The van der Waals surface area contributed by atoms with Crippen molar-refractivity contribution in [2.45, 2.75) is 44.8 Å². The van der Waals surface area contributed by atoms with E-state index in [2.05, 4.69) is 20.4 Å². The number of nitrogens with zero attached hydrogens (tertiary/aromatic N) is 2. The number of rotatable bonds is 12. The lowest BCUT2D eigenvalue weighted by molar-refractivity contribution is -0.214. The normalized spacial score (nSPS) is 22.8. The van der Waals surface area contributed by atoms with Crippen LogP contribution >= 0.6 is 11.8 Å². The number of ether oxygens (including phenoxy) is 1. The summed E-state index contributed by atoms with van der Waals surface area (Å²) in [5, 5.41) is 7.49. The lowest BCUT2D eigenvalue weighted by atomic mass is 9.94. The van der Waals surface area contributed by atoms with Crippen LogP contribution in [0.25, 0.3) is 0 Å². The monoisotopic (exact) mass is 635 g/mol. The Balaban J connectivity index is 1.41. The number of hydrazine groups is 1. The molecule has 0 spiro atoms.